The molecule has 3 heterocycles. The Balaban J connectivity index is 1.67. The van der Waals surface area contributed by atoms with Crippen LogP contribution < -0.4 is 10.2 Å². The van der Waals surface area contributed by atoms with Gasteiger partial charge < -0.3 is 19.4 Å². The fourth-order valence-electron chi connectivity index (χ4n) is 2.61. The number of ether oxygens (including phenoxy) is 1. The zero-order valence-corrected chi connectivity index (χ0v) is 12.2. The van der Waals surface area contributed by atoms with Crippen molar-refractivity contribution in [1.82, 2.24) is 10.3 Å². The number of aromatic nitrogens is 2. The molecule has 0 unspecified atom stereocenters. The Morgan fingerprint density at radius 3 is 2.74 bits per heavy atom. The molecule has 8 heteroatoms. The van der Waals surface area contributed by atoms with E-state index in [9.17, 15) is 4.79 Å². The van der Waals surface area contributed by atoms with Crippen LogP contribution in [-0.2, 0) is 4.74 Å². The van der Waals surface area contributed by atoms with Gasteiger partial charge in [-0.25, -0.2) is 4.63 Å². The maximum absolute atomic E-state index is 12.1. The Labute approximate surface area is 131 Å². The van der Waals surface area contributed by atoms with Crippen LogP contribution in [0.4, 0.5) is 11.4 Å². The van der Waals surface area contributed by atoms with Gasteiger partial charge in [0.15, 0.2) is 16.8 Å². The van der Waals surface area contributed by atoms with E-state index in [2.05, 4.69) is 20.5 Å². The lowest BCUT2D eigenvalue weighted by Crippen LogP contribution is -2.36. The monoisotopic (exact) mass is 314 g/mol. The summed E-state index contributed by atoms with van der Waals surface area (Å²) in [6.45, 7) is 2.90. The Morgan fingerprint density at radius 2 is 1.96 bits per heavy atom. The number of hydrogen-bond acceptors (Lipinski definition) is 7. The van der Waals surface area contributed by atoms with Gasteiger partial charge in [-0.2, -0.15) is 0 Å². The number of anilines is 2. The molecule has 3 aromatic rings. The summed E-state index contributed by atoms with van der Waals surface area (Å²) >= 11 is 0. The zero-order chi connectivity index (χ0) is 15.6. The second-order valence-electron chi connectivity index (χ2n) is 5.12. The summed E-state index contributed by atoms with van der Waals surface area (Å²) in [6.07, 6.45) is 1.45. The van der Waals surface area contributed by atoms with Crippen LogP contribution in [0.3, 0.4) is 0 Å². The number of carbonyl (C=O) groups excluding carboxylic acids is 1. The van der Waals surface area contributed by atoms with Gasteiger partial charge in [-0.3, -0.25) is 4.79 Å². The van der Waals surface area contributed by atoms with Crippen molar-refractivity contribution >= 4 is 28.3 Å². The lowest BCUT2D eigenvalue weighted by Gasteiger charge is -2.28. The highest BCUT2D eigenvalue weighted by molar-refractivity contribution is 6.08. The maximum Gasteiger partial charge on any atom is 0.291 e. The molecule has 1 saturated heterocycles. The van der Waals surface area contributed by atoms with Crippen molar-refractivity contribution in [2.45, 2.75) is 0 Å². The molecule has 118 valence electrons. The minimum Gasteiger partial charge on any atom is -0.459 e. The molecule has 2 aromatic heterocycles. The molecule has 1 amide bonds. The van der Waals surface area contributed by atoms with E-state index in [1.54, 1.807) is 18.2 Å². The van der Waals surface area contributed by atoms with E-state index >= 15 is 0 Å². The van der Waals surface area contributed by atoms with Crippen molar-refractivity contribution in [2.75, 3.05) is 36.5 Å². The molecule has 0 atom stereocenters. The van der Waals surface area contributed by atoms with Crippen LogP contribution in [0.5, 0.6) is 0 Å². The first-order chi connectivity index (χ1) is 11.3. The first kappa shape index (κ1) is 13.8. The predicted octanol–water partition coefficient (Wildman–Crippen LogP) is 1.90. The van der Waals surface area contributed by atoms with Gasteiger partial charge in [0.2, 0.25) is 0 Å². The van der Waals surface area contributed by atoms with Gasteiger partial charge in [0.1, 0.15) is 0 Å². The Morgan fingerprint density at radius 1 is 1.13 bits per heavy atom. The van der Waals surface area contributed by atoms with Gasteiger partial charge >= 0.3 is 0 Å². The topological polar surface area (TPSA) is 93.6 Å². The number of rotatable bonds is 3. The summed E-state index contributed by atoms with van der Waals surface area (Å²) in [4.78, 5) is 14.3. The van der Waals surface area contributed by atoms with Crippen LogP contribution in [0.15, 0.2) is 39.6 Å². The average molecular weight is 314 g/mol. The minimum absolute atomic E-state index is 0.229. The maximum atomic E-state index is 12.1. The third kappa shape index (κ3) is 2.53. The predicted molar refractivity (Wildman–Crippen MR) is 81.5 cm³/mol. The number of nitrogens with one attached hydrogen (secondary N) is 1. The van der Waals surface area contributed by atoms with E-state index in [1.165, 1.54) is 6.26 Å². The molecule has 0 aliphatic carbocycles. The van der Waals surface area contributed by atoms with Crippen molar-refractivity contribution in [2.24, 2.45) is 0 Å². The van der Waals surface area contributed by atoms with Crippen LogP contribution in [0.1, 0.15) is 10.6 Å². The highest BCUT2D eigenvalue weighted by Gasteiger charge is 2.20. The SMILES string of the molecule is O=C(Nc1ccc(N2CCOCC2)c2nonc12)c1ccco1. The van der Waals surface area contributed by atoms with E-state index in [1.807, 2.05) is 6.07 Å². The van der Waals surface area contributed by atoms with E-state index < -0.39 is 0 Å². The number of hydrogen-bond donors (Lipinski definition) is 1. The van der Waals surface area contributed by atoms with E-state index in [4.69, 9.17) is 13.8 Å². The van der Waals surface area contributed by atoms with Gasteiger partial charge in [0, 0.05) is 13.1 Å². The largest absolute Gasteiger partial charge is 0.459 e. The molecular weight excluding hydrogens is 300 g/mol. The molecular formula is C15H14N4O4. The van der Waals surface area contributed by atoms with E-state index in [-0.39, 0.29) is 11.7 Å². The van der Waals surface area contributed by atoms with Crippen LogP contribution >= 0.6 is 0 Å². The number of fused-ring (bicyclic) bond motifs is 1. The summed E-state index contributed by atoms with van der Waals surface area (Å²) < 4.78 is 15.3. The smallest absolute Gasteiger partial charge is 0.291 e. The van der Waals surface area contributed by atoms with Crippen molar-refractivity contribution in [3.63, 3.8) is 0 Å². The third-order valence-corrected chi connectivity index (χ3v) is 3.74. The Hall–Kier alpha value is -2.87. The van der Waals surface area contributed by atoms with Crippen molar-refractivity contribution in [3.8, 4) is 0 Å². The molecule has 1 aliphatic rings. The molecule has 0 bridgehead atoms. The molecule has 1 aliphatic heterocycles. The standard InChI is InChI=1S/C15H14N4O4/c20-15(12-2-1-7-22-12)16-10-3-4-11(14-13(10)17-23-18-14)19-5-8-21-9-6-19/h1-4,7H,5-6,8-9H2,(H,16,20). The number of benzene rings is 1. The van der Waals surface area contributed by atoms with Gasteiger partial charge in [0.05, 0.1) is 30.9 Å². The number of nitrogens with zero attached hydrogens (tertiary/aromatic N) is 3. The first-order valence-electron chi connectivity index (χ1n) is 7.26. The van der Waals surface area contributed by atoms with Crippen LogP contribution in [0, 0.1) is 0 Å². The summed E-state index contributed by atoms with van der Waals surface area (Å²) in [5.74, 6) is -0.120. The average Bonchev–Trinajstić information content (AvgIpc) is 3.28. The van der Waals surface area contributed by atoms with Gasteiger partial charge in [-0.1, -0.05) is 0 Å². The molecule has 1 fully saturated rings. The molecule has 0 radical (unpaired) electrons. The Kier molecular flexibility index (Phi) is 3.43. The molecule has 1 aromatic carbocycles. The van der Waals surface area contributed by atoms with Crippen molar-refractivity contribution < 1.29 is 18.6 Å². The Bertz CT molecular complexity index is 821. The number of furan rings is 1. The molecule has 4 rings (SSSR count). The zero-order valence-electron chi connectivity index (χ0n) is 12.2. The van der Waals surface area contributed by atoms with Gasteiger partial charge in [-0.05, 0) is 34.6 Å². The van der Waals surface area contributed by atoms with Crippen LogP contribution in [0.25, 0.3) is 11.0 Å². The van der Waals surface area contributed by atoms with Crippen molar-refractivity contribution in [1.29, 1.82) is 0 Å². The van der Waals surface area contributed by atoms with Crippen LogP contribution in [0.2, 0.25) is 0 Å². The summed E-state index contributed by atoms with van der Waals surface area (Å²) in [6, 6.07) is 6.94. The normalized spacial score (nSPS) is 15.0. The molecule has 0 spiro atoms. The highest BCUT2D eigenvalue weighted by Crippen LogP contribution is 2.30. The van der Waals surface area contributed by atoms with Gasteiger partial charge in [0.25, 0.3) is 5.91 Å². The summed E-state index contributed by atoms with van der Waals surface area (Å²) in [7, 11) is 0. The molecule has 8 nitrogen and oxygen atoms in total. The van der Waals surface area contributed by atoms with E-state index in [0.717, 1.165) is 18.8 Å². The number of amides is 1. The molecule has 23 heavy (non-hydrogen) atoms. The number of morpholine rings is 1. The fraction of sp³-hybridized carbons (Fsp3) is 0.267. The first-order valence-corrected chi connectivity index (χ1v) is 7.26. The third-order valence-electron chi connectivity index (χ3n) is 3.74. The minimum atomic E-state index is -0.349. The lowest BCUT2D eigenvalue weighted by atomic mass is 10.2. The quantitative estimate of drug-likeness (QED) is 0.789. The lowest BCUT2D eigenvalue weighted by molar-refractivity contribution is 0.0997. The fourth-order valence-corrected chi connectivity index (χ4v) is 2.61. The molecule has 0 saturated carbocycles. The van der Waals surface area contributed by atoms with Crippen LogP contribution in [-0.4, -0.2) is 42.5 Å². The second kappa shape index (κ2) is 5.73. The summed E-state index contributed by atoms with van der Waals surface area (Å²) in [5, 5.41) is 10.7. The van der Waals surface area contributed by atoms with E-state index in [0.29, 0.717) is 29.9 Å². The van der Waals surface area contributed by atoms with Gasteiger partial charge in [-0.15, -0.1) is 0 Å². The summed E-state index contributed by atoms with van der Waals surface area (Å²) in [5.41, 5.74) is 2.57. The second-order valence-corrected chi connectivity index (χ2v) is 5.12. The van der Waals surface area contributed by atoms with Crippen molar-refractivity contribution in [3.05, 3.63) is 36.3 Å². The molecule has 1 N–H and O–H groups in total. The highest BCUT2D eigenvalue weighted by atomic mass is 16.6. The number of carbonyl (C=O) groups is 1.